The van der Waals surface area contributed by atoms with Crippen molar-refractivity contribution >= 4 is 29.3 Å². The van der Waals surface area contributed by atoms with Gasteiger partial charge in [0.15, 0.2) is 12.1 Å². The molecule has 3 heterocycles. The summed E-state index contributed by atoms with van der Waals surface area (Å²) in [6.07, 6.45) is 1.94. The fourth-order valence-corrected chi connectivity index (χ4v) is 4.09. The molecule has 0 aliphatic carbocycles. The zero-order valence-corrected chi connectivity index (χ0v) is 17.6. The molecule has 2 aliphatic rings. The van der Waals surface area contributed by atoms with Crippen molar-refractivity contribution in [1.29, 1.82) is 0 Å². The summed E-state index contributed by atoms with van der Waals surface area (Å²) in [5.41, 5.74) is 2.49. The summed E-state index contributed by atoms with van der Waals surface area (Å²) in [6, 6.07) is 13.4. The number of amides is 2. The molecule has 1 saturated heterocycles. The molecule has 10 heteroatoms. The molecule has 2 atom stereocenters. The van der Waals surface area contributed by atoms with Gasteiger partial charge in [0.25, 0.3) is 11.8 Å². The molecule has 156 valence electrons. The summed E-state index contributed by atoms with van der Waals surface area (Å²) in [7, 11) is 0. The fourth-order valence-electron chi connectivity index (χ4n) is 3.64. The number of carbonyl (C=O) groups is 2. The third-order valence-corrected chi connectivity index (χ3v) is 5.97. The van der Waals surface area contributed by atoms with Gasteiger partial charge in [-0.15, -0.1) is 11.8 Å². The molecule has 2 unspecified atom stereocenters. The molecule has 3 aromatic rings. The number of anilines is 1. The number of hydrogen-bond acceptors (Lipinski definition) is 9. The maximum Gasteiger partial charge on any atom is 0.263 e. The number of imide groups is 1. The van der Waals surface area contributed by atoms with Crippen molar-refractivity contribution in [3.8, 4) is 11.4 Å². The van der Waals surface area contributed by atoms with Crippen molar-refractivity contribution in [3.63, 3.8) is 0 Å². The van der Waals surface area contributed by atoms with E-state index < -0.39 is 12.1 Å². The minimum atomic E-state index is -0.870. The normalized spacial score (nSPS) is 20.1. The van der Waals surface area contributed by atoms with E-state index in [9.17, 15) is 9.59 Å². The second kappa shape index (κ2) is 7.62. The highest BCUT2D eigenvalue weighted by Crippen LogP contribution is 2.34. The van der Waals surface area contributed by atoms with Crippen LogP contribution in [0.25, 0.3) is 11.4 Å². The lowest BCUT2D eigenvalue weighted by Crippen LogP contribution is -2.39. The second-order valence-corrected chi connectivity index (χ2v) is 8.16. The average Bonchev–Trinajstić information content (AvgIpc) is 3.47. The number of rotatable bonds is 5. The van der Waals surface area contributed by atoms with Gasteiger partial charge >= 0.3 is 0 Å². The number of hydrogen-bond donors (Lipinski definition) is 0. The molecule has 0 N–H and O–H groups in total. The van der Waals surface area contributed by atoms with E-state index in [2.05, 4.69) is 20.5 Å². The van der Waals surface area contributed by atoms with Gasteiger partial charge in [0, 0.05) is 10.5 Å². The SMILES string of the molecule is CSc1cccc(N2C(=O)C3N=NN(Cc4nc(-c5ccc(C)cc5)no4)C3C2=O)c1. The summed E-state index contributed by atoms with van der Waals surface area (Å²) in [5, 5.41) is 13.5. The van der Waals surface area contributed by atoms with Crippen LogP contribution < -0.4 is 4.90 Å². The highest BCUT2D eigenvalue weighted by atomic mass is 32.2. The standard InChI is InChI=1S/C21H18N6O3S/c1-12-6-8-13(9-7-12)19-22-16(30-24-19)11-26-18-17(23-25-26)20(28)27(21(18)29)14-4-3-5-15(10-14)31-2/h3-10,17-18H,11H2,1-2H3. The van der Waals surface area contributed by atoms with Crippen molar-refractivity contribution in [1.82, 2.24) is 15.1 Å². The van der Waals surface area contributed by atoms with Crippen LogP contribution in [0.1, 0.15) is 11.5 Å². The fraction of sp³-hybridized carbons (Fsp3) is 0.238. The predicted octanol–water partition coefficient (Wildman–Crippen LogP) is 3.26. The first-order valence-electron chi connectivity index (χ1n) is 9.64. The molecule has 1 fully saturated rings. The van der Waals surface area contributed by atoms with Gasteiger partial charge in [-0.2, -0.15) is 10.1 Å². The van der Waals surface area contributed by atoms with Crippen LogP contribution in [0.2, 0.25) is 0 Å². The van der Waals surface area contributed by atoms with Gasteiger partial charge in [-0.05, 0) is 31.4 Å². The van der Waals surface area contributed by atoms with E-state index in [1.54, 1.807) is 6.07 Å². The number of aryl methyl sites for hydroxylation is 1. The highest BCUT2D eigenvalue weighted by molar-refractivity contribution is 7.98. The Morgan fingerprint density at radius 1 is 1.10 bits per heavy atom. The minimum absolute atomic E-state index is 0.0846. The Labute approximate surface area is 182 Å². The third-order valence-electron chi connectivity index (χ3n) is 5.24. The quantitative estimate of drug-likeness (QED) is 0.448. The number of carbonyl (C=O) groups excluding carboxylic acids is 2. The van der Waals surface area contributed by atoms with E-state index in [1.165, 1.54) is 21.7 Å². The van der Waals surface area contributed by atoms with E-state index in [0.717, 1.165) is 16.0 Å². The van der Waals surface area contributed by atoms with Crippen LogP contribution in [0, 0.1) is 6.92 Å². The molecule has 2 aromatic carbocycles. The average molecular weight is 434 g/mol. The zero-order chi connectivity index (χ0) is 21.5. The topological polar surface area (TPSA) is 104 Å². The van der Waals surface area contributed by atoms with Crippen LogP contribution >= 0.6 is 11.8 Å². The van der Waals surface area contributed by atoms with Gasteiger partial charge in [-0.1, -0.05) is 46.3 Å². The van der Waals surface area contributed by atoms with Crippen molar-refractivity contribution in [2.75, 3.05) is 11.2 Å². The summed E-state index contributed by atoms with van der Waals surface area (Å²) in [5.74, 6) is -0.00725. The molecule has 31 heavy (non-hydrogen) atoms. The Hall–Kier alpha value is -3.53. The lowest BCUT2D eigenvalue weighted by atomic mass is 10.1. The summed E-state index contributed by atoms with van der Waals surface area (Å²) < 4.78 is 5.35. The first-order valence-corrected chi connectivity index (χ1v) is 10.9. The van der Waals surface area contributed by atoms with Crippen LogP contribution in [0.15, 0.2) is 68.3 Å². The molecule has 0 saturated carbocycles. The molecule has 2 amide bonds. The minimum Gasteiger partial charge on any atom is -0.337 e. The van der Waals surface area contributed by atoms with Crippen molar-refractivity contribution in [2.24, 2.45) is 10.3 Å². The Balaban J connectivity index is 1.36. The number of benzene rings is 2. The van der Waals surface area contributed by atoms with E-state index in [0.29, 0.717) is 17.4 Å². The van der Waals surface area contributed by atoms with Crippen molar-refractivity contribution < 1.29 is 14.1 Å². The lowest BCUT2D eigenvalue weighted by molar-refractivity contribution is -0.123. The Morgan fingerprint density at radius 3 is 2.68 bits per heavy atom. The molecular weight excluding hydrogens is 416 g/mol. The van der Waals surface area contributed by atoms with Crippen molar-refractivity contribution in [3.05, 3.63) is 60.0 Å². The second-order valence-electron chi connectivity index (χ2n) is 7.28. The van der Waals surface area contributed by atoms with Crippen LogP contribution in [0.3, 0.4) is 0 Å². The van der Waals surface area contributed by atoms with Gasteiger partial charge in [0.1, 0.15) is 6.54 Å². The number of aromatic nitrogens is 2. The molecule has 0 bridgehead atoms. The molecule has 2 aliphatic heterocycles. The van der Waals surface area contributed by atoms with E-state index in [1.807, 2.05) is 55.6 Å². The molecule has 1 aromatic heterocycles. The van der Waals surface area contributed by atoms with Crippen LogP contribution in [-0.2, 0) is 16.1 Å². The molecule has 5 rings (SSSR count). The van der Waals surface area contributed by atoms with Gasteiger partial charge < -0.3 is 4.52 Å². The Kier molecular flexibility index (Phi) is 4.78. The number of fused-ring (bicyclic) bond motifs is 1. The van der Waals surface area contributed by atoms with Gasteiger partial charge in [-0.25, -0.2) is 4.90 Å². The van der Waals surface area contributed by atoms with Gasteiger partial charge in [0.05, 0.1) is 5.69 Å². The molecular formula is C21H18N6O3S. The highest BCUT2D eigenvalue weighted by Gasteiger charge is 2.55. The predicted molar refractivity (Wildman–Crippen MR) is 113 cm³/mol. The van der Waals surface area contributed by atoms with Crippen LogP contribution in [-0.4, -0.2) is 45.3 Å². The largest absolute Gasteiger partial charge is 0.337 e. The summed E-state index contributed by atoms with van der Waals surface area (Å²) in [4.78, 5) is 32.6. The van der Waals surface area contributed by atoms with Crippen LogP contribution in [0.4, 0.5) is 5.69 Å². The van der Waals surface area contributed by atoms with Gasteiger partial charge in [0.2, 0.25) is 11.7 Å². The summed E-state index contributed by atoms with van der Waals surface area (Å²) in [6.45, 7) is 2.09. The number of nitrogens with zero attached hydrogens (tertiary/aromatic N) is 6. The van der Waals surface area contributed by atoms with E-state index in [4.69, 9.17) is 4.52 Å². The maximum atomic E-state index is 13.1. The third kappa shape index (κ3) is 3.38. The Bertz CT molecular complexity index is 1190. The molecule has 0 radical (unpaired) electrons. The van der Waals surface area contributed by atoms with E-state index in [-0.39, 0.29) is 18.4 Å². The smallest absolute Gasteiger partial charge is 0.263 e. The van der Waals surface area contributed by atoms with Gasteiger partial charge in [-0.3, -0.25) is 14.6 Å². The van der Waals surface area contributed by atoms with E-state index >= 15 is 0 Å². The molecule has 9 nitrogen and oxygen atoms in total. The first-order chi connectivity index (χ1) is 15.0. The van der Waals surface area contributed by atoms with Crippen LogP contribution in [0.5, 0.6) is 0 Å². The molecule has 0 spiro atoms. The van der Waals surface area contributed by atoms with Crippen molar-refractivity contribution in [2.45, 2.75) is 30.4 Å². The first kappa shape index (κ1) is 19.4. The lowest BCUT2D eigenvalue weighted by Gasteiger charge is -2.19. The zero-order valence-electron chi connectivity index (χ0n) is 16.8. The Morgan fingerprint density at radius 2 is 1.90 bits per heavy atom. The summed E-state index contributed by atoms with van der Waals surface area (Å²) >= 11 is 1.54. The number of thioether (sulfide) groups is 1. The maximum absolute atomic E-state index is 13.1. The monoisotopic (exact) mass is 434 g/mol.